The Kier molecular flexibility index (Phi) is 5.91. The van der Waals surface area contributed by atoms with E-state index in [2.05, 4.69) is 44.3 Å². The zero-order valence-corrected chi connectivity index (χ0v) is 18.4. The van der Waals surface area contributed by atoms with Crippen molar-refractivity contribution in [1.82, 2.24) is 14.9 Å². The van der Waals surface area contributed by atoms with E-state index in [9.17, 15) is 9.59 Å². The molecular weight excluding hydrogens is 394 g/mol. The maximum Gasteiger partial charge on any atom is 0.310 e. The Bertz CT molecular complexity index is 1170. The normalized spacial score (nSPS) is 18.2. The van der Waals surface area contributed by atoms with E-state index in [-0.39, 0.29) is 17.4 Å². The van der Waals surface area contributed by atoms with Crippen LogP contribution in [0.1, 0.15) is 30.9 Å². The summed E-state index contributed by atoms with van der Waals surface area (Å²) in [7, 11) is 0. The van der Waals surface area contributed by atoms with E-state index in [1.807, 2.05) is 19.9 Å². The highest BCUT2D eigenvalue weighted by molar-refractivity contribution is 5.77. The molecular formula is C23H29N5O3. The minimum Gasteiger partial charge on any atom is -0.466 e. The third kappa shape index (κ3) is 4.25. The van der Waals surface area contributed by atoms with Gasteiger partial charge in [-0.05, 0) is 63.4 Å². The molecule has 1 saturated heterocycles. The second kappa shape index (κ2) is 8.63. The number of hydrogen-bond donors (Lipinski definition) is 1. The summed E-state index contributed by atoms with van der Waals surface area (Å²) in [6, 6.07) is 4.11. The zero-order chi connectivity index (χ0) is 22.1. The summed E-state index contributed by atoms with van der Waals surface area (Å²) in [5.74, 6) is 0.339. The third-order valence-electron chi connectivity index (χ3n) is 6.06. The molecule has 0 spiro atoms. The van der Waals surface area contributed by atoms with Gasteiger partial charge >= 0.3 is 5.97 Å². The van der Waals surface area contributed by atoms with Crippen LogP contribution in [0.4, 0.5) is 17.2 Å². The predicted octanol–water partition coefficient (Wildman–Crippen LogP) is 1.47. The maximum absolute atomic E-state index is 12.6. The average molecular weight is 424 g/mol. The number of aromatic nitrogens is 2. The van der Waals surface area contributed by atoms with Gasteiger partial charge < -0.3 is 19.5 Å². The van der Waals surface area contributed by atoms with Crippen molar-refractivity contribution in [2.24, 2.45) is 10.9 Å². The number of piperidine rings is 1. The number of rotatable bonds is 5. The highest BCUT2D eigenvalue weighted by atomic mass is 16.5. The van der Waals surface area contributed by atoms with E-state index in [0.29, 0.717) is 36.4 Å². The summed E-state index contributed by atoms with van der Waals surface area (Å²) in [4.78, 5) is 40.9. The molecule has 4 rings (SSSR count). The Balaban J connectivity index is 1.63. The van der Waals surface area contributed by atoms with Gasteiger partial charge in [-0.25, -0.2) is 9.98 Å². The molecule has 0 saturated carbocycles. The second-order valence-corrected chi connectivity index (χ2v) is 8.27. The number of carbonyl (C=O) groups is 1. The van der Waals surface area contributed by atoms with Crippen molar-refractivity contribution in [3.8, 4) is 0 Å². The number of anilines is 2. The lowest BCUT2D eigenvalue weighted by molar-refractivity contribution is -0.149. The Morgan fingerprint density at radius 1 is 1.29 bits per heavy atom. The lowest BCUT2D eigenvalue weighted by atomic mass is 9.98. The van der Waals surface area contributed by atoms with E-state index in [1.54, 1.807) is 0 Å². The Morgan fingerprint density at radius 2 is 2.06 bits per heavy atom. The van der Waals surface area contributed by atoms with Crippen molar-refractivity contribution in [2.45, 2.75) is 33.6 Å². The second-order valence-electron chi connectivity index (χ2n) is 8.27. The standard InChI is InChI=1S/C23H29N5O3/c1-5-31-23(30)17-7-6-8-27(13-17)9-10-28-19-12-15(3)14(2)11-18(19)26-20-21(28)24-16(4)25-22(20)29/h11-12,17H,4-10,13H2,1-3H3,(H,25,29). The van der Waals surface area contributed by atoms with Crippen molar-refractivity contribution in [1.29, 1.82) is 0 Å². The van der Waals surface area contributed by atoms with Crippen LogP contribution in [0.3, 0.4) is 0 Å². The number of aryl methyl sites for hydroxylation is 2. The molecule has 2 aliphatic heterocycles. The van der Waals surface area contributed by atoms with Crippen molar-refractivity contribution in [2.75, 3.05) is 37.7 Å². The topological polar surface area (TPSA) is 90.9 Å². The molecule has 1 aromatic heterocycles. The largest absolute Gasteiger partial charge is 0.466 e. The van der Waals surface area contributed by atoms with E-state index >= 15 is 0 Å². The quantitative estimate of drug-likeness (QED) is 0.733. The molecule has 1 unspecified atom stereocenters. The van der Waals surface area contributed by atoms with Crippen molar-refractivity contribution in [3.05, 3.63) is 44.5 Å². The van der Waals surface area contributed by atoms with Gasteiger partial charge in [0.2, 0.25) is 0 Å². The van der Waals surface area contributed by atoms with Crippen molar-refractivity contribution >= 4 is 29.7 Å². The van der Waals surface area contributed by atoms with Crippen molar-refractivity contribution in [3.63, 3.8) is 0 Å². The van der Waals surface area contributed by atoms with Crippen LogP contribution in [0.25, 0.3) is 6.58 Å². The van der Waals surface area contributed by atoms with Gasteiger partial charge in [0.15, 0.2) is 11.2 Å². The van der Waals surface area contributed by atoms with Crippen LogP contribution >= 0.6 is 0 Å². The molecule has 0 radical (unpaired) electrons. The van der Waals surface area contributed by atoms with Crippen LogP contribution in [0.5, 0.6) is 0 Å². The predicted molar refractivity (Wildman–Crippen MR) is 120 cm³/mol. The molecule has 8 heteroatoms. The number of nitrogens with zero attached hydrogens (tertiary/aromatic N) is 4. The minimum absolute atomic E-state index is 0.0815. The molecule has 0 amide bonds. The van der Waals surface area contributed by atoms with Gasteiger partial charge in [0.05, 0.1) is 23.9 Å². The van der Waals surface area contributed by atoms with Crippen LogP contribution < -0.4 is 21.3 Å². The number of likely N-dealkylation sites (tertiary alicyclic amines) is 1. The Labute approximate surface area is 181 Å². The average Bonchev–Trinajstić information content (AvgIpc) is 2.73. The number of aromatic amines is 1. The van der Waals surface area contributed by atoms with Gasteiger partial charge in [0, 0.05) is 19.6 Å². The van der Waals surface area contributed by atoms with Gasteiger partial charge in [-0.1, -0.05) is 6.58 Å². The first-order valence-electron chi connectivity index (χ1n) is 10.8. The monoisotopic (exact) mass is 423 g/mol. The molecule has 0 bridgehead atoms. The molecule has 1 N–H and O–H groups in total. The fourth-order valence-corrected chi connectivity index (χ4v) is 4.29. The van der Waals surface area contributed by atoms with Crippen LogP contribution in [0.15, 0.2) is 21.9 Å². The molecule has 3 heterocycles. The molecule has 164 valence electrons. The highest BCUT2D eigenvalue weighted by Gasteiger charge is 2.28. The van der Waals surface area contributed by atoms with Crippen LogP contribution in [0.2, 0.25) is 0 Å². The maximum atomic E-state index is 12.6. The van der Waals surface area contributed by atoms with Gasteiger partial charge in [0.1, 0.15) is 5.48 Å². The summed E-state index contributed by atoms with van der Waals surface area (Å²) >= 11 is 0. The van der Waals surface area contributed by atoms with Gasteiger partial charge in [-0.15, -0.1) is 0 Å². The number of H-pyrrole nitrogens is 1. The lowest BCUT2D eigenvalue weighted by Gasteiger charge is -2.34. The van der Waals surface area contributed by atoms with E-state index in [0.717, 1.165) is 48.4 Å². The number of carbonyl (C=O) groups excluding carboxylic acids is 1. The summed E-state index contributed by atoms with van der Waals surface area (Å²) in [5, 5.41) is 0.311. The fraction of sp³-hybridized carbons (Fsp3) is 0.478. The summed E-state index contributed by atoms with van der Waals surface area (Å²) in [6.07, 6.45) is 1.83. The molecule has 0 aliphatic carbocycles. The van der Waals surface area contributed by atoms with Crippen LogP contribution in [0, 0.1) is 19.8 Å². The molecule has 1 atom stereocenters. The zero-order valence-electron chi connectivity index (χ0n) is 18.4. The van der Waals surface area contributed by atoms with E-state index in [1.165, 1.54) is 0 Å². The summed E-state index contributed by atoms with van der Waals surface area (Å²) in [6.45, 7) is 13.2. The molecule has 1 fully saturated rings. The number of hydrogen-bond acceptors (Lipinski definition) is 7. The Morgan fingerprint density at radius 3 is 2.84 bits per heavy atom. The molecule has 2 aromatic rings. The summed E-state index contributed by atoms with van der Waals surface area (Å²) < 4.78 is 5.22. The number of benzene rings is 1. The van der Waals surface area contributed by atoms with E-state index < -0.39 is 0 Å². The van der Waals surface area contributed by atoms with Gasteiger partial charge in [-0.2, -0.15) is 0 Å². The third-order valence-corrected chi connectivity index (χ3v) is 6.06. The number of esters is 1. The SMILES string of the molecule is C=c1nc2c(c(=O)[nH]1)=Nc1cc(C)c(C)cc1N2CCN1CCCC(C(=O)OCC)C1. The van der Waals surface area contributed by atoms with Crippen LogP contribution in [-0.4, -0.2) is 53.6 Å². The van der Waals surface area contributed by atoms with E-state index in [4.69, 9.17) is 4.74 Å². The number of nitrogens with one attached hydrogen (secondary N) is 1. The first-order valence-corrected chi connectivity index (χ1v) is 10.8. The van der Waals surface area contributed by atoms with Crippen molar-refractivity contribution < 1.29 is 9.53 Å². The molecule has 8 nitrogen and oxygen atoms in total. The van der Waals surface area contributed by atoms with Gasteiger partial charge in [-0.3, -0.25) is 9.59 Å². The Hall–Kier alpha value is -3.00. The first kappa shape index (κ1) is 21.2. The first-order chi connectivity index (χ1) is 14.9. The highest BCUT2D eigenvalue weighted by Crippen LogP contribution is 2.36. The number of fused-ring (bicyclic) bond motifs is 2. The lowest BCUT2D eigenvalue weighted by Crippen LogP contribution is -2.46. The smallest absolute Gasteiger partial charge is 0.310 e. The molecule has 2 aliphatic rings. The van der Waals surface area contributed by atoms with Gasteiger partial charge in [0.25, 0.3) is 5.56 Å². The molecule has 1 aromatic carbocycles. The fourth-order valence-electron chi connectivity index (χ4n) is 4.29. The summed E-state index contributed by atoms with van der Waals surface area (Å²) in [5.41, 5.74) is 4.01. The minimum atomic E-state index is -0.288. The molecule has 31 heavy (non-hydrogen) atoms. The number of ether oxygens (including phenoxy) is 1. The van der Waals surface area contributed by atoms with Crippen LogP contribution in [-0.2, 0) is 9.53 Å².